The number of hydrogen-bond acceptors (Lipinski definition) is 16. The van der Waals surface area contributed by atoms with E-state index in [2.05, 4.69) is 16.0 Å². The maximum absolute atomic E-state index is 12.3. The van der Waals surface area contributed by atoms with Crippen molar-refractivity contribution >= 4 is 17.9 Å². The molecule has 0 bridgehead atoms. The van der Waals surface area contributed by atoms with Crippen LogP contribution in [0.5, 0.6) is 23.0 Å². The van der Waals surface area contributed by atoms with Crippen molar-refractivity contribution < 1.29 is 84.9 Å². The summed E-state index contributed by atoms with van der Waals surface area (Å²) in [5, 5.41) is 107. The summed E-state index contributed by atoms with van der Waals surface area (Å²) in [6.07, 6.45) is -9.15. The van der Waals surface area contributed by atoms with Gasteiger partial charge in [0, 0.05) is 32.0 Å². The molecule has 4 rings (SSSR count). The monoisotopic (exact) mass is 796 g/mol. The maximum atomic E-state index is 12.3. The fourth-order valence-corrected chi connectivity index (χ4v) is 5.95. The second kappa shape index (κ2) is 22.0. The molecule has 312 valence electrons. The normalized spacial score (nSPS) is 27.9. The van der Waals surface area contributed by atoms with E-state index in [1.165, 1.54) is 42.5 Å². The molecule has 2 aromatic rings. The summed E-state index contributed by atoms with van der Waals surface area (Å²) in [4.78, 5) is 24.6. The van der Waals surface area contributed by atoms with Gasteiger partial charge >= 0.3 is 0 Å². The standard InChI is InChI=1S/C37H53N3O16/c41-18-26-30(47)32(49)34(51)36(55-26)53-24-9-5-20(16-23(24)44)6-10-28(45)39-14-2-1-12-38-13-3-15-40-29(46)11-7-21-4-8-22(43)25(17-21)54-37-35(52)33(50)31(48)27(19-42)56-37/h4-5,7-9,11,16-17,26-27,30-38,41-44,47-52H,1-3,6,10,12-15,18-19H2,(H,39,45)(H,40,46)/p+1/b11-7-/t26-,27-,30-,31-,32+,33+,34-,35-,36-,37-/m1/s1. The van der Waals surface area contributed by atoms with Gasteiger partial charge in [-0.2, -0.15) is 0 Å². The molecule has 2 amide bonds. The van der Waals surface area contributed by atoms with Crippen molar-refractivity contribution in [2.75, 3.05) is 39.4 Å². The van der Waals surface area contributed by atoms with Gasteiger partial charge in [-0.3, -0.25) is 9.59 Å². The van der Waals surface area contributed by atoms with E-state index in [4.69, 9.17) is 18.9 Å². The number of aliphatic hydroxyl groups excluding tert-OH is 8. The van der Waals surface area contributed by atoms with Gasteiger partial charge in [0.15, 0.2) is 23.0 Å². The van der Waals surface area contributed by atoms with Crippen LogP contribution in [0, 0.1) is 0 Å². The number of phenols is 2. The number of benzene rings is 2. The van der Waals surface area contributed by atoms with Crippen LogP contribution in [-0.2, 0) is 25.5 Å². The first kappa shape index (κ1) is 44.6. The molecule has 10 atom stereocenters. The van der Waals surface area contributed by atoms with E-state index in [0.29, 0.717) is 30.6 Å². The number of carbonyl (C=O) groups is 2. The molecule has 19 nitrogen and oxygen atoms in total. The molecular formula is C37H54N3O16+. The average Bonchev–Trinajstić information content (AvgIpc) is 3.19. The van der Waals surface area contributed by atoms with Crippen LogP contribution in [-0.4, -0.2) is 164 Å². The molecule has 19 heteroatoms. The number of unbranched alkanes of at least 4 members (excludes halogenated alkanes) is 1. The van der Waals surface area contributed by atoms with Crippen LogP contribution in [0.15, 0.2) is 42.5 Å². The summed E-state index contributed by atoms with van der Waals surface area (Å²) in [7, 11) is 0. The second-order valence-corrected chi connectivity index (χ2v) is 13.6. The molecule has 2 aromatic carbocycles. The Balaban J connectivity index is 1.04. The Morgan fingerprint density at radius 3 is 1.93 bits per heavy atom. The number of nitrogens with one attached hydrogen (secondary N) is 2. The average molecular weight is 797 g/mol. The van der Waals surface area contributed by atoms with Crippen LogP contribution in [0.4, 0.5) is 0 Å². The topological polar surface area (TPSA) is 314 Å². The van der Waals surface area contributed by atoms with Gasteiger partial charge in [0.1, 0.15) is 48.8 Å². The Bertz CT molecular complexity index is 1580. The van der Waals surface area contributed by atoms with Crippen molar-refractivity contribution in [2.24, 2.45) is 0 Å². The first-order valence-corrected chi connectivity index (χ1v) is 18.5. The van der Waals surface area contributed by atoms with E-state index in [9.17, 15) is 60.7 Å². The van der Waals surface area contributed by atoms with Gasteiger partial charge in [-0.1, -0.05) is 12.1 Å². The third kappa shape index (κ3) is 12.7. The van der Waals surface area contributed by atoms with E-state index < -0.39 is 74.6 Å². The number of phenolic OH excluding ortho intramolecular Hbond substituents is 2. The zero-order valence-electron chi connectivity index (χ0n) is 30.7. The molecular weight excluding hydrogens is 742 g/mol. The highest BCUT2D eigenvalue weighted by Gasteiger charge is 2.46. The lowest BCUT2D eigenvalue weighted by Gasteiger charge is -2.39. The number of quaternary nitrogens is 1. The molecule has 2 heterocycles. The van der Waals surface area contributed by atoms with Crippen molar-refractivity contribution in [3.63, 3.8) is 0 Å². The summed E-state index contributed by atoms with van der Waals surface area (Å²) in [6.45, 7) is 1.34. The molecule has 0 aliphatic carbocycles. The lowest BCUT2D eigenvalue weighted by atomic mass is 9.99. The summed E-state index contributed by atoms with van der Waals surface area (Å²) < 4.78 is 21.6. The third-order valence-electron chi connectivity index (χ3n) is 9.30. The fourth-order valence-electron chi connectivity index (χ4n) is 5.95. The molecule has 56 heavy (non-hydrogen) atoms. The number of amides is 2. The zero-order valence-corrected chi connectivity index (χ0v) is 30.7. The zero-order chi connectivity index (χ0) is 40.8. The van der Waals surface area contributed by atoms with Crippen molar-refractivity contribution in [1.82, 2.24) is 10.6 Å². The number of aryl methyl sites for hydroxylation is 1. The summed E-state index contributed by atoms with van der Waals surface area (Å²) >= 11 is 0. The third-order valence-corrected chi connectivity index (χ3v) is 9.30. The lowest BCUT2D eigenvalue weighted by molar-refractivity contribution is -0.655. The number of rotatable bonds is 20. The van der Waals surface area contributed by atoms with Gasteiger partial charge in [0.25, 0.3) is 0 Å². The maximum Gasteiger partial charge on any atom is 0.244 e. The Hall–Kier alpha value is -4.12. The molecule has 0 aromatic heterocycles. The van der Waals surface area contributed by atoms with Crippen LogP contribution in [0.3, 0.4) is 0 Å². The molecule has 2 saturated heterocycles. The van der Waals surface area contributed by atoms with Crippen LogP contribution in [0.1, 0.15) is 36.8 Å². The number of carbonyl (C=O) groups excluding carboxylic acids is 2. The van der Waals surface area contributed by atoms with Crippen LogP contribution in [0.25, 0.3) is 6.08 Å². The molecule has 2 aliphatic rings. The smallest absolute Gasteiger partial charge is 0.244 e. The highest BCUT2D eigenvalue weighted by atomic mass is 16.7. The highest BCUT2D eigenvalue weighted by molar-refractivity contribution is 5.91. The van der Waals surface area contributed by atoms with E-state index in [1.54, 1.807) is 6.07 Å². The minimum atomic E-state index is -1.65. The largest absolute Gasteiger partial charge is 0.504 e. The summed E-state index contributed by atoms with van der Waals surface area (Å²) in [6, 6.07) is 8.71. The Morgan fingerprint density at radius 1 is 0.696 bits per heavy atom. The molecule has 2 aliphatic heterocycles. The molecule has 2 fully saturated rings. The predicted molar refractivity (Wildman–Crippen MR) is 194 cm³/mol. The highest BCUT2D eigenvalue weighted by Crippen LogP contribution is 2.33. The van der Waals surface area contributed by atoms with Gasteiger partial charge < -0.3 is 86.0 Å². The van der Waals surface area contributed by atoms with Gasteiger partial charge in [0.2, 0.25) is 24.4 Å². The number of aromatic hydroxyl groups is 2. The Labute approximate surface area is 322 Å². The summed E-state index contributed by atoms with van der Waals surface area (Å²) in [5.74, 6) is -1.21. The molecule has 0 saturated carbocycles. The molecule has 0 radical (unpaired) electrons. The number of ether oxygens (including phenoxy) is 4. The van der Waals surface area contributed by atoms with Gasteiger partial charge in [0.05, 0.1) is 26.3 Å². The molecule has 0 spiro atoms. The number of hydrogen-bond donors (Lipinski definition) is 13. The van der Waals surface area contributed by atoms with E-state index in [-0.39, 0.29) is 41.2 Å². The van der Waals surface area contributed by atoms with Crippen LogP contribution < -0.4 is 25.4 Å². The van der Waals surface area contributed by atoms with Gasteiger partial charge in [-0.25, -0.2) is 0 Å². The predicted octanol–water partition coefficient (Wildman–Crippen LogP) is -3.93. The minimum absolute atomic E-state index is 0.0493. The Morgan fingerprint density at radius 2 is 1.30 bits per heavy atom. The van der Waals surface area contributed by atoms with Crippen molar-refractivity contribution in [1.29, 1.82) is 0 Å². The van der Waals surface area contributed by atoms with Crippen molar-refractivity contribution in [3.05, 3.63) is 53.6 Å². The second-order valence-electron chi connectivity index (χ2n) is 13.6. The van der Waals surface area contributed by atoms with Gasteiger partial charge in [-0.15, -0.1) is 0 Å². The first-order chi connectivity index (χ1) is 26.8. The minimum Gasteiger partial charge on any atom is -0.504 e. The van der Waals surface area contributed by atoms with Crippen LogP contribution >= 0.6 is 0 Å². The first-order valence-electron chi connectivity index (χ1n) is 18.5. The quantitative estimate of drug-likeness (QED) is 0.0450. The fraction of sp³-hybridized carbons (Fsp3) is 0.568. The van der Waals surface area contributed by atoms with Crippen molar-refractivity contribution in [2.45, 2.75) is 93.5 Å². The Kier molecular flexibility index (Phi) is 17.5. The van der Waals surface area contributed by atoms with Gasteiger partial charge in [-0.05, 0) is 60.7 Å². The van der Waals surface area contributed by atoms with Crippen LogP contribution in [0.2, 0.25) is 0 Å². The van der Waals surface area contributed by atoms with Crippen molar-refractivity contribution in [3.8, 4) is 23.0 Å². The molecule has 14 N–H and O–H groups in total. The van der Waals surface area contributed by atoms with E-state index in [0.717, 1.165) is 32.4 Å². The SMILES string of the molecule is O=C(/C=C\c1ccc(O)c(O[C@@H]2O[C@H](CO)[C@@H](O)[C@H](O)[C@H]2O)c1)NCCC[NH2+]CCCCNC(=O)CCc1ccc(O[C@@H]2O[C@H](CO)[C@@H](O)[C@H](O)[C@H]2O)c(O)c1. The number of aliphatic hydroxyl groups is 8. The summed E-state index contributed by atoms with van der Waals surface area (Å²) in [5.41, 5.74) is 1.15. The molecule has 0 unspecified atom stereocenters. The number of nitrogens with two attached hydrogens (primary N) is 1. The van der Waals surface area contributed by atoms with E-state index >= 15 is 0 Å². The lowest BCUT2D eigenvalue weighted by Crippen LogP contribution is -2.84. The van der Waals surface area contributed by atoms with E-state index in [1.807, 2.05) is 0 Å².